The van der Waals surface area contributed by atoms with Crippen molar-refractivity contribution in [3.05, 3.63) is 35.6 Å². The van der Waals surface area contributed by atoms with Crippen LogP contribution in [0.2, 0.25) is 0 Å². The molecule has 102 valence electrons. The van der Waals surface area contributed by atoms with Crippen molar-refractivity contribution in [3.8, 4) is 0 Å². The molecule has 2 heteroatoms. The van der Waals surface area contributed by atoms with Gasteiger partial charge in [-0.3, -0.25) is 0 Å². The predicted molar refractivity (Wildman–Crippen MR) is 76.2 cm³/mol. The molecule has 2 unspecified atom stereocenters. The zero-order valence-corrected chi connectivity index (χ0v) is 12.0. The van der Waals surface area contributed by atoms with Crippen LogP contribution in [0.1, 0.15) is 39.7 Å². The summed E-state index contributed by atoms with van der Waals surface area (Å²) in [6, 6.07) is 7.40. The molecule has 0 amide bonds. The van der Waals surface area contributed by atoms with E-state index in [1.807, 2.05) is 12.1 Å². The Morgan fingerprint density at radius 3 is 2.22 bits per heavy atom. The summed E-state index contributed by atoms with van der Waals surface area (Å²) < 4.78 is 12.9. The zero-order chi connectivity index (χ0) is 13.5. The zero-order valence-electron chi connectivity index (χ0n) is 12.0. The van der Waals surface area contributed by atoms with E-state index in [4.69, 9.17) is 0 Å². The first-order valence-corrected chi connectivity index (χ1v) is 7.02. The number of benzene rings is 1. The van der Waals surface area contributed by atoms with Crippen LogP contribution in [0.25, 0.3) is 0 Å². The van der Waals surface area contributed by atoms with Crippen LogP contribution in [-0.4, -0.2) is 12.6 Å². The SMILES string of the molecule is CCCNC(C(C)C)C(C)Cc1ccc(F)cc1. The summed E-state index contributed by atoms with van der Waals surface area (Å²) in [7, 11) is 0. The standard InChI is InChI=1S/C16H26FN/c1-5-10-18-16(12(2)3)13(4)11-14-6-8-15(17)9-7-14/h6-9,12-13,16,18H,5,10-11H2,1-4H3. The minimum Gasteiger partial charge on any atom is -0.313 e. The summed E-state index contributed by atoms with van der Waals surface area (Å²) in [5.74, 6) is 1.02. The number of nitrogens with one attached hydrogen (secondary N) is 1. The molecule has 0 saturated heterocycles. The Morgan fingerprint density at radius 2 is 1.72 bits per heavy atom. The largest absolute Gasteiger partial charge is 0.313 e. The maximum absolute atomic E-state index is 12.9. The molecule has 1 nitrogen and oxygen atoms in total. The van der Waals surface area contributed by atoms with Crippen LogP contribution in [0.15, 0.2) is 24.3 Å². The van der Waals surface area contributed by atoms with Gasteiger partial charge in [0.05, 0.1) is 0 Å². The number of hydrogen-bond acceptors (Lipinski definition) is 1. The summed E-state index contributed by atoms with van der Waals surface area (Å²) >= 11 is 0. The van der Waals surface area contributed by atoms with Crippen molar-refractivity contribution in [3.63, 3.8) is 0 Å². The molecule has 18 heavy (non-hydrogen) atoms. The van der Waals surface area contributed by atoms with Crippen molar-refractivity contribution in [2.24, 2.45) is 11.8 Å². The quantitative estimate of drug-likeness (QED) is 0.771. The third kappa shape index (κ3) is 4.77. The third-order valence-corrected chi connectivity index (χ3v) is 3.43. The van der Waals surface area contributed by atoms with Gasteiger partial charge in [0.15, 0.2) is 0 Å². The van der Waals surface area contributed by atoms with Crippen molar-refractivity contribution in [2.75, 3.05) is 6.54 Å². The van der Waals surface area contributed by atoms with Gasteiger partial charge in [-0.2, -0.15) is 0 Å². The normalized spacial score (nSPS) is 14.8. The molecule has 1 rings (SSSR count). The first-order valence-electron chi connectivity index (χ1n) is 7.02. The van der Waals surface area contributed by atoms with Crippen molar-refractivity contribution < 1.29 is 4.39 Å². The van der Waals surface area contributed by atoms with Crippen LogP contribution in [0.4, 0.5) is 4.39 Å². The number of rotatable bonds is 7. The van der Waals surface area contributed by atoms with Crippen LogP contribution < -0.4 is 5.32 Å². The fraction of sp³-hybridized carbons (Fsp3) is 0.625. The van der Waals surface area contributed by atoms with Gasteiger partial charge in [0.2, 0.25) is 0 Å². The molecule has 0 radical (unpaired) electrons. The molecular formula is C16H26FN. The van der Waals surface area contributed by atoms with E-state index in [0.29, 0.717) is 17.9 Å². The van der Waals surface area contributed by atoms with Crippen molar-refractivity contribution in [1.29, 1.82) is 0 Å². The van der Waals surface area contributed by atoms with Gasteiger partial charge in [0.25, 0.3) is 0 Å². The van der Waals surface area contributed by atoms with Crippen LogP contribution in [0, 0.1) is 17.7 Å². The first-order chi connectivity index (χ1) is 8.54. The van der Waals surface area contributed by atoms with Crippen LogP contribution in [0.5, 0.6) is 0 Å². The highest BCUT2D eigenvalue weighted by Crippen LogP contribution is 2.18. The molecular weight excluding hydrogens is 225 g/mol. The Kier molecular flexibility index (Phi) is 6.34. The fourth-order valence-corrected chi connectivity index (χ4v) is 2.52. The Balaban J connectivity index is 2.60. The minimum atomic E-state index is -0.157. The smallest absolute Gasteiger partial charge is 0.123 e. The summed E-state index contributed by atoms with van der Waals surface area (Å²) in [6.45, 7) is 10.0. The lowest BCUT2D eigenvalue weighted by Gasteiger charge is -2.29. The second-order valence-electron chi connectivity index (χ2n) is 5.53. The molecule has 1 N–H and O–H groups in total. The highest BCUT2D eigenvalue weighted by molar-refractivity contribution is 5.16. The minimum absolute atomic E-state index is 0.157. The number of hydrogen-bond donors (Lipinski definition) is 1. The van der Waals surface area contributed by atoms with Crippen LogP contribution >= 0.6 is 0 Å². The predicted octanol–water partition coefficient (Wildman–Crippen LogP) is 4.03. The molecule has 0 heterocycles. The lowest BCUT2D eigenvalue weighted by molar-refractivity contribution is 0.297. The summed E-state index contributed by atoms with van der Waals surface area (Å²) in [6.07, 6.45) is 2.16. The maximum Gasteiger partial charge on any atom is 0.123 e. The summed E-state index contributed by atoms with van der Waals surface area (Å²) in [4.78, 5) is 0. The Bertz CT molecular complexity index is 331. The fourth-order valence-electron chi connectivity index (χ4n) is 2.52. The molecule has 0 aromatic heterocycles. The average molecular weight is 251 g/mol. The molecule has 0 aliphatic carbocycles. The van der Waals surface area contributed by atoms with Crippen LogP contribution in [0.3, 0.4) is 0 Å². The molecule has 0 spiro atoms. The van der Waals surface area contributed by atoms with Gasteiger partial charge in [0, 0.05) is 6.04 Å². The van der Waals surface area contributed by atoms with E-state index in [-0.39, 0.29) is 5.82 Å². The van der Waals surface area contributed by atoms with Gasteiger partial charge >= 0.3 is 0 Å². The van der Waals surface area contributed by atoms with E-state index in [2.05, 4.69) is 33.0 Å². The van der Waals surface area contributed by atoms with Gasteiger partial charge in [-0.05, 0) is 48.9 Å². The van der Waals surface area contributed by atoms with E-state index in [9.17, 15) is 4.39 Å². The monoisotopic (exact) mass is 251 g/mol. The highest BCUT2D eigenvalue weighted by atomic mass is 19.1. The van der Waals surface area contributed by atoms with E-state index < -0.39 is 0 Å². The molecule has 2 atom stereocenters. The second kappa shape index (κ2) is 7.52. The lowest BCUT2D eigenvalue weighted by Crippen LogP contribution is -2.40. The van der Waals surface area contributed by atoms with Crippen LogP contribution in [-0.2, 0) is 6.42 Å². The maximum atomic E-state index is 12.9. The Morgan fingerprint density at radius 1 is 1.11 bits per heavy atom. The summed E-state index contributed by atoms with van der Waals surface area (Å²) in [5.41, 5.74) is 1.22. The first kappa shape index (κ1) is 15.2. The van der Waals surface area contributed by atoms with Gasteiger partial charge in [-0.25, -0.2) is 4.39 Å². The molecule has 0 aliphatic heterocycles. The van der Waals surface area contributed by atoms with Gasteiger partial charge in [0.1, 0.15) is 5.82 Å². The molecule has 0 bridgehead atoms. The molecule has 0 saturated carbocycles. The van der Waals surface area contributed by atoms with Crippen molar-refractivity contribution in [2.45, 2.75) is 46.6 Å². The molecule has 1 aromatic rings. The van der Waals surface area contributed by atoms with Crippen molar-refractivity contribution >= 4 is 0 Å². The van der Waals surface area contributed by atoms with E-state index >= 15 is 0 Å². The molecule has 0 fully saturated rings. The van der Waals surface area contributed by atoms with Crippen molar-refractivity contribution in [1.82, 2.24) is 5.32 Å². The van der Waals surface area contributed by atoms with E-state index in [1.54, 1.807) is 12.1 Å². The molecule has 1 aromatic carbocycles. The van der Waals surface area contributed by atoms with Gasteiger partial charge < -0.3 is 5.32 Å². The van der Waals surface area contributed by atoms with Gasteiger partial charge in [-0.1, -0.05) is 39.8 Å². The van der Waals surface area contributed by atoms with E-state index in [0.717, 1.165) is 19.4 Å². The number of halogens is 1. The Hall–Kier alpha value is -0.890. The van der Waals surface area contributed by atoms with Gasteiger partial charge in [-0.15, -0.1) is 0 Å². The lowest BCUT2D eigenvalue weighted by atomic mass is 9.87. The van der Waals surface area contributed by atoms with E-state index in [1.165, 1.54) is 5.56 Å². The second-order valence-corrected chi connectivity index (χ2v) is 5.53. The average Bonchev–Trinajstić information content (AvgIpc) is 2.32. The Labute approximate surface area is 111 Å². The highest BCUT2D eigenvalue weighted by Gasteiger charge is 2.20. The topological polar surface area (TPSA) is 12.0 Å². The molecule has 0 aliphatic rings. The summed E-state index contributed by atoms with van der Waals surface area (Å²) in [5, 5.41) is 3.63. The third-order valence-electron chi connectivity index (χ3n) is 3.43.